The first-order chi connectivity index (χ1) is 12.6. The molecule has 1 aliphatic rings. The first-order valence-electron chi connectivity index (χ1n) is 9.21. The summed E-state index contributed by atoms with van der Waals surface area (Å²) in [6.07, 6.45) is 1.43. The van der Waals surface area contributed by atoms with E-state index in [0.29, 0.717) is 44.6 Å². The second-order valence-electron chi connectivity index (χ2n) is 7.91. The Morgan fingerprint density at radius 1 is 1.36 bits per heavy atom. The van der Waals surface area contributed by atoms with E-state index >= 15 is 0 Å². The predicted octanol–water partition coefficient (Wildman–Crippen LogP) is 2.24. The summed E-state index contributed by atoms with van der Waals surface area (Å²) in [4.78, 5) is 37.7. The highest BCUT2D eigenvalue weighted by atomic mass is 35.5. The van der Waals surface area contributed by atoms with Gasteiger partial charge in [0.1, 0.15) is 0 Å². The molecule has 0 saturated carbocycles. The van der Waals surface area contributed by atoms with Gasteiger partial charge in [0.05, 0.1) is 10.8 Å². The smallest absolute Gasteiger partial charge is 0.273 e. The lowest BCUT2D eigenvalue weighted by molar-refractivity contribution is -0.386. The number of amides is 2. The maximum atomic E-state index is 12.9. The van der Waals surface area contributed by atoms with E-state index in [-0.39, 0.29) is 41.4 Å². The molecule has 1 atom stereocenters. The SMILES string of the molecule is CC(C)(C)c1ccc(C(=O)N2CCCC(C(=O)NCCN)C2)cc1[N+](=O)[O-].Cl. The van der Waals surface area contributed by atoms with E-state index in [0.717, 1.165) is 0 Å². The van der Waals surface area contributed by atoms with Gasteiger partial charge in [-0.25, -0.2) is 0 Å². The number of carbonyl (C=O) groups excluding carboxylic acids is 2. The van der Waals surface area contributed by atoms with E-state index in [1.54, 1.807) is 17.0 Å². The molecule has 2 amide bonds. The molecule has 2 rings (SSSR count). The zero-order chi connectivity index (χ0) is 20.2. The van der Waals surface area contributed by atoms with E-state index in [1.165, 1.54) is 6.07 Å². The van der Waals surface area contributed by atoms with Crippen LogP contribution in [0.4, 0.5) is 5.69 Å². The zero-order valence-electron chi connectivity index (χ0n) is 16.6. The van der Waals surface area contributed by atoms with Crippen molar-refractivity contribution in [1.82, 2.24) is 10.2 Å². The Balaban J connectivity index is 0.00000392. The van der Waals surface area contributed by atoms with E-state index in [2.05, 4.69) is 5.32 Å². The number of rotatable bonds is 5. The van der Waals surface area contributed by atoms with Gasteiger partial charge in [-0.1, -0.05) is 26.8 Å². The second-order valence-corrected chi connectivity index (χ2v) is 7.91. The summed E-state index contributed by atoms with van der Waals surface area (Å²) in [6.45, 7) is 7.30. The van der Waals surface area contributed by atoms with Gasteiger partial charge in [0, 0.05) is 43.4 Å². The number of piperidine rings is 1. The lowest BCUT2D eigenvalue weighted by Crippen LogP contribution is -2.46. The van der Waals surface area contributed by atoms with Crippen LogP contribution in [0.2, 0.25) is 0 Å². The molecule has 0 aliphatic carbocycles. The van der Waals surface area contributed by atoms with Gasteiger partial charge in [-0.2, -0.15) is 0 Å². The molecule has 1 aromatic carbocycles. The Morgan fingerprint density at radius 2 is 2.04 bits per heavy atom. The lowest BCUT2D eigenvalue weighted by Gasteiger charge is -2.32. The molecule has 1 fully saturated rings. The Kier molecular flexibility index (Phi) is 8.38. The minimum Gasteiger partial charge on any atom is -0.355 e. The van der Waals surface area contributed by atoms with Crippen molar-refractivity contribution in [2.75, 3.05) is 26.2 Å². The van der Waals surface area contributed by atoms with Gasteiger partial charge in [0.25, 0.3) is 11.6 Å². The van der Waals surface area contributed by atoms with Gasteiger partial charge in [0.2, 0.25) is 5.91 Å². The van der Waals surface area contributed by atoms with Gasteiger partial charge in [-0.05, 0) is 24.3 Å². The van der Waals surface area contributed by atoms with Crippen LogP contribution < -0.4 is 11.1 Å². The van der Waals surface area contributed by atoms with Crippen molar-refractivity contribution < 1.29 is 14.5 Å². The predicted molar refractivity (Wildman–Crippen MR) is 110 cm³/mol. The third kappa shape index (κ3) is 5.65. The second kappa shape index (κ2) is 9.84. The molecule has 1 heterocycles. The fourth-order valence-electron chi connectivity index (χ4n) is 3.35. The van der Waals surface area contributed by atoms with Crippen molar-refractivity contribution in [1.29, 1.82) is 0 Å². The minimum atomic E-state index is -0.448. The molecule has 0 aromatic heterocycles. The third-order valence-corrected chi connectivity index (χ3v) is 4.77. The summed E-state index contributed by atoms with van der Waals surface area (Å²) in [6, 6.07) is 4.63. The molecular weight excluding hydrogens is 384 g/mol. The molecular formula is C19H29ClN4O4. The molecule has 1 aliphatic heterocycles. The number of nitro groups is 1. The van der Waals surface area contributed by atoms with Gasteiger partial charge >= 0.3 is 0 Å². The first kappa shape index (κ1) is 23.8. The van der Waals surface area contributed by atoms with Crippen molar-refractivity contribution in [3.8, 4) is 0 Å². The Labute approximate surface area is 171 Å². The standard InChI is InChI=1S/C19H28N4O4.ClH/c1-19(2,3)15-7-6-13(11-16(15)23(26)27)18(25)22-10-4-5-14(12-22)17(24)21-9-8-20;/h6-7,11,14H,4-5,8-10,12,20H2,1-3H3,(H,21,24);1H. The summed E-state index contributed by atoms with van der Waals surface area (Å²) >= 11 is 0. The van der Waals surface area contributed by atoms with Gasteiger partial charge in [-0.15, -0.1) is 12.4 Å². The molecule has 1 saturated heterocycles. The van der Waals surface area contributed by atoms with Crippen LogP contribution in [0, 0.1) is 16.0 Å². The Hall–Kier alpha value is -2.19. The third-order valence-electron chi connectivity index (χ3n) is 4.77. The number of nitrogens with two attached hydrogens (primary N) is 1. The van der Waals surface area contributed by atoms with Gasteiger partial charge in [-0.3, -0.25) is 19.7 Å². The number of benzene rings is 1. The molecule has 0 radical (unpaired) electrons. The van der Waals surface area contributed by atoms with Crippen LogP contribution in [0.3, 0.4) is 0 Å². The van der Waals surface area contributed by atoms with Crippen molar-refractivity contribution in [3.05, 3.63) is 39.4 Å². The number of nitrogens with one attached hydrogen (secondary N) is 1. The molecule has 8 nitrogen and oxygen atoms in total. The molecule has 0 spiro atoms. The van der Waals surface area contributed by atoms with E-state index < -0.39 is 10.3 Å². The molecule has 1 unspecified atom stereocenters. The topological polar surface area (TPSA) is 119 Å². The largest absolute Gasteiger partial charge is 0.355 e. The number of nitro benzene ring substituents is 1. The minimum absolute atomic E-state index is 0. The fourth-order valence-corrected chi connectivity index (χ4v) is 3.35. The molecule has 28 heavy (non-hydrogen) atoms. The van der Waals surface area contributed by atoms with Gasteiger partial charge in [0.15, 0.2) is 0 Å². The number of hydrogen-bond donors (Lipinski definition) is 2. The highest BCUT2D eigenvalue weighted by Crippen LogP contribution is 2.32. The summed E-state index contributed by atoms with van der Waals surface area (Å²) < 4.78 is 0. The molecule has 3 N–H and O–H groups in total. The number of likely N-dealkylation sites (tertiary alicyclic amines) is 1. The summed E-state index contributed by atoms with van der Waals surface area (Å²) in [5.74, 6) is -0.667. The summed E-state index contributed by atoms with van der Waals surface area (Å²) in [5, 5.41) is 14.2. The maximum absolute atomic E-state index is 12.9. The quantitative estimate of drug-likeness (QED) is 0.567. The lowest BCUT2D eigenvalue weighted by atomic mass is 9.85. The summed E-state index contributed by atoms with van der Waals surface area (Å²) in [7, 11) is 0. The molecule has 0 bridgehead atoms. The Bertz CT molecular complexity index is 733. The number of nitrogens with zero attached hydrogens (tertiary/aromatic N) is 2. The van der Waals surface area contributed by atoms with E-state index in [9.17, 15) is 19.7 Å². The first-order valence-corrected chi connectivity index (χ1v) is 9.21. The van der Waals surface area contributed by atoms with Crippen molar-refractivity contribution in [2.24, 2.45) is 11.7 Å². The number of carbonyl (C=O) groups is 2. The van der Waals surface area contributed by atoms with Crippen LogP contribution in [0.15, 0.2) is 18.2 Å². The highest BCUT2D eigenvalue weighted by Gasteiger charge is 2.31. The average Bonchev–Trinajstić information content (AvgIpc) is 2.64. The number of halogens is 1. The van der Waals surface area contributed by atoms with E-state index in [4.69, 9.17) is 5.73 Å². The van der Waals surface area contributed by atoms with Crippen LogP contribution in [-0.4, -0.2) is 47.8 Å². The van der Waals surface area contributed by atoms with Crippen LogP contribution >= 0.6 is 12.4 Å². The van der Waals surface area contributed by atoms with Crippen molar-refractivity contribution in [3.63, 3.8) is 0 Å². The fraction of sp³-hybridized carbons (Fsp3) is 0.579. The number of hydrogen-bond acceptors (Lipinski definition) is 5. The van der Waals surface area contributed by atoms with Gasteiger partial charge < -0.3 is 16.0 Å². The molecule has 9 heteroatoms. The van der Waals surface area contributed by atoms with Crippen molar-refractivity contribution >= 4 is 29.9 Å². The highest BCUT2D eigenvalue weighted by molar-refractivity contribution is 5.95. The molecule has 1 aromatic rings. The summed E-state index contributed by atoms with van der Waals surface area (Å²) in [5.41, 5.74) is 5.81. The van der Waals surface area contributed by atoms with Crippen LogP contribution in [-0.2, 0) is 10.2 Å². The van der Waals surface area contributed by atoms with Crippen LogP contribution in [0.1, 0.15) is 49.5 Å². The van der Waals surface area contributed by atoms with Crippen LogP contribution in [0.25, 0.3) is 0 Å². The Morgan fingerprint density at radius 3 is 2.61 bits per heavy atom. The normalized spacial score (nSPS) is 16.9. The average molecular weight is 413 g/mol. The molecule has 156 valence electrons. The van der Waals surface area contributed by atoms with Crippen LogP contribution in [0.5, 0.6) is 0 Å². The maximum Gasteiger partial charge on any atom is 0.273 e. The van der Waals surface area contributed by atoms with E-state index in [1.807, 2.05) is 20.8 Å². The monoisotopic (exact) mass is 412 g/mol. The zero-order valence-corrected chi connectivity index (χ0v) is 17.4. The van der Waals surface area contributed by atoms with Crippen molar-refractivity contribution in [2.45, 2.75) is 39.0 Å².